The van der Waals surface area contributed by atoms with Crippen LogP contribution in [0.1, 0.15) is 63.5 Å². The van der Waals surface area contributed by atoms with Crippen LogP contribution in [0.15, 0.2) is 67.3 Å². The van der Waals surface area contributed by atoms with E-state index in [0.29, 0.717) is 23.7 Å². The Morgan fingerprint density at radius 1 is 0.941 bits per heavy atom. The molecule has 3 rings (SSSR count). The van der Waals surface area contributed by atoms with E-state index in [2.05, 4.69) is 44.7 Å². The third kappa shape index (κ3) is 7.11. The zero-order valence-corrected chi connectivity index (χ0v) is 20.5. The van der Waals surface area contributed by atoms with Gasteiger partial charge in [-0.25, -0.2) is 8.78 Å². The number of unbranched alkanes of at least 4 members (excludes halogenated alkanes) is 3. The number of hydrogen-bond donors (Lipinski definition) is 0. The summed E-state index contributed by atoms with van der Waals surface area (Å²) in [6, 6.07) is 15.2. The largest absolute Gasteiger partial charge is 0.379 e. The molecule has 0 saturated carbocycles. The molecule has 180 valence electrons. The molecule has 0 aliphatic heterocycles. The molecule has 0 aromatic heterocycles. The molecule has 1 atom stereocenters. The minimum atomic E-state index is -0.807. The fraction of sp³-hybridized carbons (Fsp3) is 0.355. The van der Waals surface area contributed by atoms with Crippen molar-refractivity contribution in [2.24, 2.45) is 0 Å². The molecule has 0 radical (unpaired) electrons. The molecule has 3 heteroatoms. The molecule has 34 heavy (non-hydrogen) atoms. The Hall–Kier alpha value is -2.78. The van der Waals surface area contributed by atoms with Crippen molar-refractivity contribution in [3.63, 3.8) is 0 Å². The van der Waals surface area contributed by atoms with E-state index >= 15 is 0 Å². The molecule has 0 saturated heterocycles. The van der Waals surface area contributed by atoms with Gasteiger partial charge >= 0.3 is 0 Å². The third-order valence-corrected chi connectivity index (χ3v) is 6.14. The van der Waals surface area contributed by atoms with Crippen LogP contribution < -0.4 is 0 Å². The summed E-state index contributed by atoms with van der Waals surface area (Å²) in [6.45, 7) is 8.83. The van der Waals surface area contributed by atoms with E-state index < -0.39 is 11.6 Å². The Morgan fingerprint density at radius 2 is 1.74 bits per heavy atom. The smallest absolute Gasteiger partial charge is 0.166 e. The Labute approximate surface area is 203 Å². The lowest BCUT2D eigenvalue weighted by Crippen LogP contribution is -2.08. The number of hydrogen-bond acceptors (Lipinski definition) is 1. The first kappa shape index (κ1) is 25.8. The lowest BCUT2D eigenvalue weighted by Gasteiger charge is -2.12. The number of rotatable bonds is 13. The molecule has 0 fully saturated rings. The zero-order valence-electron chi connectivity index (χ0n) is 20.5. The Morgan fingerprint density at radius 3 is 2.53 bits per heavy atom. The van der Waals surface area contributed by atoms with Gasteiger partial charge in [-0.1, -0.05) is 74.4 Å². The number of allylic oxidation sites excluding steroid dienone is 2. The lowest BCUT2D eigenvalue weighted by atomic mass is 9.97. The van der Waals surface area contributed by atoms with E-state index in [9.17, 15) is 8.78 Å². The molecule has 0 bridgehead atoms. The van der Waals surface area contributed by atoms with Gasteiger partial charge in [0.1, 0.15) is 0 Å². The normalized spacial score (nSPS) is 12.5. The summed E-state index contributed by atoms with van der Waals surface area (Å²) in [4.78, 5) is 0. The first-order valence-corrected chi connectivity index (χ1v) is 12.4. The summed E-state index contributed by atoms with van der Waals surface area (Å²) < 4.78 is 34.9. The molecule has 3 aromatic carbocycles. The highest BCUT2D eigenvalue weighted by atomic mass is 19.2. The molecule has 0 N–H and O–H groups in total. The molecular formula is C31H36F2O. The predicted molar refractivity (Wildman–Crippen MR) is 141 cm³/mol. The molecule has 0 amide bonds. The Balaban J connectivity index is 1.59. The summed E-state index contributed by atoms with van der Waals surface area (Å²) >= 11 is 0. The first-order valence-electron chi connectivity index (χ1n) is 12.4. The van der Waals surface area contributed by atoms with Gasteiger partial charge in [0.25, 0.3) is 0 Å². The van der Waals surface area contributed by atoms with Crippen molar-refractivity contribution in [3.8, 4) is 11.1 Å². The topological polar surface area (TPSA) is 9.23 Å². The molecule has 0 aliphatic rings. The predicted octanol–water partition coefficient (Wildman–Crippen LogP) is 9.29. The van der Waals surface area contributed by atoms with Gasteiger partial charge in [-0.05, 0) is 78.6 Å². The van der Waals surface area contributed by atoms with Crippen molar-refractivity contribution in [1.82, 2.24) is 0 Å². The van der Waals surface area contributed by atoms with Crippen molar-refractivity contribution in [2.75, 3.05) is 6.61 Å². The highest BCUT2D eigenvalue weighted by Crippen LogP contribution is 2.30. The molecule has 0 spiro atoms. The second-order valence-electron chi connectivity index (χ2n) is 8.94. The molecule has 1 unspecified atom stereocenters. The van der Waals surface area contributed by atoms with Gasteiger partial charge in [-0.3, -0.25) is 0 Å². The standard InChI is InChI=1S/C31H36F2O/c1-4-6-10-20-34-23(3)12-8-7-9-13-24-14-15-27-22-28(17-16-26(27)21-24)29-19-18-25(11-5-2)30(32)31(29)33/h5,9,13-19,21-23H,2,4,6-8,10-12,20H2,1,3H3. The van der Waals surface area contributed by atoms with E-state index in [4.69, 9.17) is 4.74 Å². The van der Waals surface area contributed by atoms with Crippen LogP contribution in [0.2, 0.25) is 0 Å². The molecule has 3 aromatic rings. The van der Waals surface area contributed by atoms with E-state index in [1.165, 1.54) is 12.8 Å². The van der Waals surface area contributed by atoms with Gasteiger partial charge < -0.3 is 4.74 Å². The minimum Gasteiger partial charge on any atom is -0.379 e. The van der Waals surface area contributed by atoms with Gasteiger partial charge in [-0.15, -0.1) is 6.58 Å². The third-order valence-electron chi connectivity index (χ3n) is 6.14. The number of benzene rings is 3. The average molecular weight is 463 g/mol. The van der Waals surface area contributed by atoms with Gasteiger partial charge in [0, 0.05) is 12.2 Å². The fourth-order valence-corrected chi connectivity index (χ4v) is 4.12. The average Bonchev–Trinajstić information content (AvgIpc) is 2.84. The van der Waals surface area contributed by atoms with Gasteiger partial charge in [0.05, 0.1) is 6.10 Å². The highest BCUT2D eigenvalue weighted by molar-refractivity contribution is 5.89. The van der Waals surface area contributed by atoms with E-state index in [1.54, 1.807) is 18.2 Å². The van der Waals surface area contributed by atoms with Crippen LogP contribution in [0.25, 0.3) is 28.0 Å². The minimum absolute atomic E-state index is 0.278. The summed E-state index contributed by atoms with van der Waals surface area (Å²) in [7, 11) is 0. The van der Waals surface area contributed by atoms with Crippen LogP contribution in [0.4, 0.5) is 8.78 Å². The zero-order chi connectivity index (χ0) is 24.3. The van der Waals surface area contributed by atoms with Crippen LogP contribution in [-0.2, 0) is 11.2 Å². The second-order valence-corrected chi connectivity index (χ2v) is 8.94. The summed E-state index contributed by atoms with van der Waals surface area (Å²) in [6.07, 6.45) is 13.4. The van der Waals surface area contributed by atoms with Gasteiger partial charge in [-0.2, -0.15) is 0 Å². The SMILES string of the molecule is C=CCc1ccc(-c2ccc3cc(C=CCCCC(C)OCCCCC)ccc3c2)c(F)c1F. The van der Waals surface area contributed by atoms with Crippen molar-refractivity contribution in [2.45, 2.75) is 64.9 Å². The van der Waals surface area contributed by atoms with Crippen molar-refractivity contribution < 1.29 is 13.5 Å². The van der Waals surface area contributed by atoms with Crippen LogP contribution in [0.5, 0.6) is 0 Å². The maximum atomic E-state index is 14.7. The monoisotopic (exact) mass is 462 g/mol. The molecular weight excluding hydrogens is 426 g/mol. The van der Waals surface area contributed by atoms with Crippen molar-refractivity contribution in [1.29, 1.82) is 0 Å². The van der Waals surface area contributed by atoms with E-state index in [-0.39, 0.29) is 5.56 Å². The van der Waals surface area contributed by atoms with Crippen molar-refractivity contribution in [3.05, 3.63) is 90.0 Å². The van der Waals surface area contributed by atoms with Crippen LogP contribution in [-0.4, -0.2) is 12.7 Å². The van der Waals surface area contributed by atoms with Crippen LogP contribution >= 0.6 is 0 Å². The fourth-order valence-electron chi connectivity index (χ4n) is 4.12. The van der Waals surface area contributed by atoms with Crippen LogP contribution in [0.3, 0.4) is 0 Å². The second kappa shape index (κ2) is 13.2. The van der Waals surface area contributed by atoms with Crippen molar-refractivity contribution >= 4 is 16.8 Å². The lowest BCUT2D eigenvalue weighted by molar-refractivity contribution is 0.0566. The molecule has 1 nitrogen and oxygen atoms in total. The number of ether oxygens (including phenoxy) is 1. The summed E-state index contributed by atoms with van der Waals surface area (Å²) in [5.74, 6) is -1.60. The Bertz CT molecular complexity index is 1120. The van der Waals surface area contributed by atoms with Gasteiger partial charge in [0.2, 0.25) is 0 Å². The van der Waals surface area contributed by atoms with E-state index in [1.807, 2.05) is 24.3 Å². The van der Waals surface area contributed by atoms with E-state index in [0.717, 1.165) is 48.6 Å². The molecule has 0 heterocycles. The Kier molecular flexibility index (Phi) is 10.0. The number of halogens is 2. The summed E-state index contributed by atoms with van der Waals surface area (Å²) in [5.41, 5.74) is 2.40. The van der Waals surface area contributed by atoms with Crippen LogP contribution in [0, 0.1) is 11.6 Å². The maximum absolute atomic E-state index is 14.7. The quantitative estimate of drug-likeness (QED) is 0.182. The summed E-state index contributed by atoms with van der Waals surface area (Å²) in [5, 5.41) is 2.07. The highest BCUT2D eigenvalue weighted by Gasteiger charge is 2.14. The maximum Gasteiger partial charge on any atom is 0.166 e. The number of fused-ring (bicyclic) bond motifs is 1. The van der Waals surface area contributed by atoms with Gasteiger partial charge in [0.15, 0.2) is 11.6 Å². The molecule has 0 aliphatic carbocycles. The first-order chi connectivity index (χ1) is 16.5.